The van der Waals surface area contributed by atoms with E-state index >= 15 is 0 Å². The van der Waals surface area contributed by atoms with Crippen LogP contribution in [0.3, 0.4) is 0 Å². The third kappa shape index (κ3) is 3.48. The summed E-state index contributed by atoms with van der Waals surface area (Å²) in [6, 6.07) is 10.5. The Morgan fingerprint density at radius 2 is 2.09 bits per heavy atom. The standard InChI is InChI=1S/C17H22N6/c1-4-23-20-14(3)17(21-23)12-18-13(2)15-7-5-8-16(11-15)22-10-6-9-19-22/h5-11,13,18H,4,12H2,1-3H3/t13-/m0/s1. The molecule has 0 fully saturated rings. The van der Waals surface area contributed by atoms with Crippen LogP contribution < -0.4 is 5.32 Å². The molecule has 0 unspecified atom stereocenters. The number of benzene rings is 1. The molecule has 120 valence electrons. The molecule has 23 heavy (non-hydrogen) atoms. The maximum Gasteiger partial charge on any atom is 0.0994 e. The maximum atomic E-state index is 4.48. The molecule has 3 aromatic rings. The van der Waals surface area contributed by atoms with Crippen molar-refractivity contribution in [2.45, 2.75) is 39.9 Å². The van der Waals surface area contributed by atoms with Gasteiger partial charge >= 0.3 is 0 Å². The third-order valence-corrected chi connectivity index (χ3v) is 3.92. The lowest BCUT2D eigenvalue weighted by atomic mass is 10.1. The number of nitrogens with one attached hydrogen (secondary N) is 1. The fraction of sp³-hybridized carbons (Fsp3) is 0.353. The predicted molar refractivity (Wildman–Crippen MR) is 89.3 cm³/mol. The van der Waals surface area contributed by atoms with E-state index in [9.17, 15) is 0 Å². The highest BCUT2D eigenvalue weighted by Gasteiger charge is 2.10. The van der Waals surface area contributed by atoms with Crippen molar-refractivity contribution in [3.8, 4) is 5.69 Å². The van der Waals surface area contributed by atoms with E-state index in [4.69, 9.17) is 0 Å². The molecule has 6 heteroatoms. The van der Waals surface area contributed by atoms with Crippen LogP contribution in [0.1, 0.15) is 36.8 Å². The first-order valence-electron chi connectivity index (χ1n) is 7.91. The predicted octanol–water partition coefficient (Wildman–Crippen LogP) is 2.64. The van der Waals surface area contributed by atoms with E-state index < -0.39 is 0 Å². The minimum atomic E-state index is 0.219. The zero-order valence-electron chi connectivity index (χ0n) is 13.8. The molecule has 0 amide bonds. The third-order valence-electron chi connectivity index (χ3n) is 3.92. The number of aromatic nitrogens is 5. The summed E-state index contributed by atoms with van der Waals surface area (Å²) in [4.78, 5) is 1.73. The molecule has 0 aliphatic rings. The highest BCUT2D eigenvalue weighted by atomic mass is 15.5. The summed E-state index contributed by atoms with van der Waals surface area (Å²) >= 11 is 0. The van der Waals surface area contributed by atoms with Crippen molar-refractivity contribution in [1.82, 2.24) is 30.1 Å². The fourth-order valence-electron chi connectivity index (χ4n) is 2.50. The van der Waals surface area contributed by atoms with Gasteiger partial charge in [0.15, 0.2) is 0 Å². The SMILES string of the molecule is CCn1nc(C)c(CN[C@@H](C)c2cccc(-n3cccn3)c2)n1. The summed E-state index contributed by atoms with van der Waals surface area (Å²) in [6.07, 6.45) is 3.73. The van der Waals surface area contributed by atoms with Crippen LogP contribution in [0.2, 0.25) is 0 Å². The van der Waals surface area contributed by atoms with Gasteiger partial charge in [0.05, 0.1) is 23.6 Å². The second-order valence-corrected chi connectivity index (χ2v) is 5.57. The van der Waals surface area contributed by atoms with Gasteiger partial charge in [-0.25, -0.2) is 4.68 Å². The first-order chi connectivity index (χ1) is 11.2. The van der Waals surface area contributed by atoms with Crippen molar-refractivity contribution >= 4 is 0 Å². The average Bonchev–Trinajstić information content (AvgIpc) is 3.22. The van der Waals surface area contributed by atoms with E-state index in [0.29, 0.717) is 6.54 Å². The van der Waals surface area contributed by atoms with E-state index in [-0.39, 0.29) is 6.04 Å². The molecule has 2 aromatic heterocycles. The number of hydrogen-bond acceptors (Lipinski definition) is 4. The van der Waals surface area contributed by atoms with Crippen molar-refractivity contribution in [2.75, 3.05) is 0 Å². The van der Waals surface area contributed by atoms with E-state index in [1.165, 1.54) is 5.56 Å². The van der Waals surface area contributed by atoms with Gasteiger partial charge in [0.2, 0.25) is 0 Å². The van der Waals surface area contributed by atoms with E-state index in [2.05, 4.69) is 51.8 Å². The molecule has 1 atom stereocenters. The van der Waals surface area contributed by atoms with Crippen LogP contribution in [0.25, 0.3) is 5.69 Å². The first kappa shape index (κ1) is 15.4. The Balaban J connectivity index is 1.69. The van der Waals surface area contributed by atoms with Crippen molar-refractivity contribution in [3.63, 3.8) is 0 Å². The lowest BCUT2D eigenvalue weighted by Gasteiger charge is -2.14. The molecular weight excluding hydrogens is 288 g/mol. The fourth-order valence-corrected chi connectivity index (χ4v) is 2.50. The highest BCUT2D eigenvalue weighted by Crippen LogP contribution is 2.17. The van der Waals surface area contributed by atoms with Crippen molar-refractivity contribution in [3.05, 3.63) is 59.7 Å². The van der Waals surface area contributed by atoms with Gasteiger partial charge in [0.25, 0.3) is 0 Å². The van der Waals surface area contributed by atoms with Gasteiger partial charge in [-0.05, 0) is 44.5 Å². The normalized spacial score (nSPS) is 12.5. The van der Waals surface area contributed by atoms with Crippen LogP contribution in [0, 0.1) is 6.92 Å². The van der Waals surface area contributed by atoms with Crippen LogP contribution in [0.5, 0.6) is 0 Å². The van der Waals surface area contributed by atoms with Gasteiger partial charge < -0.3 is 5.32 Å². The molecule has 0 aliphatic heterocycles. The molecule has 3 rings (SSSR count). The molecular formula is C17H22N6. The summed E-state index contributed by atoms with van der Waals surface area (Å²) in [6.45, 7) is 7.70. The topological polar surface area (TPSA) is 60.6 Å². The van der Waals surface area contributed by atoms with Gasteiger partial charge in [-0.3, -0.25) is 0 Å². The Morgan fingerprint density at radius 3 is 2.78 bits per heavy atom. The van der Waals surface area contributed by atoms with Gasteiger partial charge in [-0.15, -0.1) is 0 Å². The molecule has 0 aliphatic carbocycles. The van der Waals surface area contributed by atoms with Crippen LogP contribution in [0.15, 0.2) is 42.7 Å². The monoisotopic (exact) mass is 310 g/mol. The van der Waals surface area contributed by atoms with Crippen LogP contribution in [-0.2, 0) is 13.1 Å². The minimum Gasteiger partial charge on any atom is -0.304 e. The summed E-state index contributed by atoms with van der Waals surface area (Å²) in [5, 5.41) is 16.7. The molecule has 2 heterocycles. The Labute approximate surface area is 136 Å². The van der Waals surface area contributed by atoms with Crippen molar-refractivity contribution in [2.24, 2.45) is 0 Å². The maximum absolute atomic E-state index is 4.48. The Morgan fingerprint density at radius 1 is 1.22 bits per heavy atom. The number of rotatable bonds is 6. The van der Waals surface area contributed by atoms with E-state index in [1.54, 1.807) is 11.0 Å². The smallest absolute Gasteiger partial charge is 0.0994 e. The molecule has 0 saturated carbocycles. The van der Waals surface area contributed by atoms with Crippen LogP contribution in [0.4, 0.5) is 0 Å². The largest absolute Gasteiger partial charge is 0.304 e. The zero-order chi connectivity index (χ0) is 16.2. The lowest BCUT2D eigenvalue weighted by molar-refractivity contribution is 0.538. The molecule has 0 bridgehead atoms. The Hall–Kier alpha value is -2.47. The van der Waals surface area contributed by atoms with E-state index in [0.717, 1.165) is 23.6 Å². The zero-order valence-corrected chi connectivity index (χ0v) is 13.8. The molecule has 1 aromatic carbocycles. The van der Waals surface area contributed by atoms with Gasteiger partial charge in [0, 0.05) is 25.0 Å². The highest BCUT2D eigenvalue weighted by molar-refractivity contribution is 5.36. The number of hydrogen-bond donors (Lipinski definition) is 1. The Kier molecular flexibility index (Phi) is 4.52. The summed E-state index contributed by atoms with van der Waals surface area (Å²) in [7, 11) is 0. The number of aryl methyl sites for hydroxylation is 2. The summed E-state index contributed by atoms with van der Waals surface area (Å²) in [5.41, 5.74) is 4.27. The van der Waals surface area contributed by atoms with Gasteiger partial charge in [0.1, 0.15) is 0 Å². The minimum absolute atomic E-state index is 0.219. The summed E-state index contributed by atoms with van der Waals surface area (Å²) < 4.78 is 1.87. The lowest BCUT2D eigenvalue weighted by Crippen LogP contribution is -2.19. The van der Waals surface area contributed by atoms with Crippen LogP contribution in [-0.4, -0.2) is 24.8 Å². The molecule has 0 spiro atoms. The van der Waals surface area contributed by atoms with Crippen LogP contribution >= 0.6 is 0 Å². The van der Waals surface area contributed by atoms with Gasteiger partial charge in [-0.1, -0.05) is 12.1 Å². The first-order valence-corrected chi connectivity index (χ1v) is 7.91. The molecule has 6 nitrogen and oxygen atoms in total. The average molecular weight is 310 g/mol. The second-order valence-electron chi connectivity index (χ2n) is 5.57. The van der Waals surface area contributed by atoms with Crippen molar-refractivity contribution in [1.29, 1.82) is 0 Å². The second kappa shape index (κ2) is 6.75. The molecule has 0 radical (unpaired) electrons. The Bertz CT molecular complexity index is 759. The van der Waals surface area contributed by atoms with E-state index in [1.807, 2.05) is 30.8 Å². The van der Waals surface area contributed by atoms with Gasteiger partial charge in [-0.2, -0.15) is 20.1 Å². The number of nitrogens with zero attached hydrogens (tertiary/aromatic N) is 5. The van der Waals surface area contributed by atoms with Crippen molar-refractivity contribution < 1.29 is 0 Å². The molecule has 0 saturated heterocycles. The molecule has 1 N–H and O–H groups in total. The quantitative estimate of drug-likeness (QED) is 0.760. The summed E-state index contributed by atoms with van der Waals surface area (Å²) in [5.74, 6) is 0.